The molecule has 2 aromatic carbocycles. The molecule has 0 N–H and O–H groups in total. The second kappa shape index (κ2) is 9.06. The van der Waals surface area contributed by atoms with Gasteiger partial charge in [0.1, 0.15) is 18.4 Å². The summed E-state index contributed by atoms with van der Waals surface area (Å²) < 4.78 is 5.20. The van der Waals surface area contributed by atoms with Crippen LogP contribution in [-0.4, -0.2) is 46.5 Å². The molecule has 0 aromatic heterocycles. The number of rotatable bonds is 5. The summed E-state index contributed by atoms with van der Waals surface area (Å²) in [6.07, 6.45) is 2.37. The van der Waals surface area contributed by atoms with Crippen molar-refractivity contribution >= 4 is 34.9 Å². The maximum absolute atomic E-state index is 12.8. The molecule has 0 spiro atoms. The van der Waals surface area contributed by atoms with Crippen molar-refractivity contribution in [3.05, 3.63) is 70.1 Å². The SMILES string of the molecule is N#CCOc1ccc(/C=C2\SC(=O)N(CC(=O)N3CCc4ccccc4C3)C2=O)cc1. The van der Waals surface area contributed by atoms with E-state index in [4.69, 9.17) is 10.00 Å². The zero-order valence-electron chi connectivity index (χ0n) is 16.6. The van der Waals surface area contributed by atoms with Gasteiger partial charge in [-0.3, -0.25) is 19.3 Å². The van der Waals surface area contributed by atoms with Crippen LogP contribution in [0.2, 0.25) is 0 Å². The Hall–Kier alpha value is -3.57. The molecule has 2 aliphatic rings. The second-order valence-corrected chi connectivity index (χ2v) is 8.11. The Morgan fingerprint density at radius 2 is 1.87 bits per heavy atom. The summed E-state index contributed by atoms with van der Waals surface area (Å²) >= 11 is 0.825. The van der Waals surface area contributed by atoms with Crippen LogP contribution in [0.4, 0.5) is 4.79 Å². The van der Waals surface area contributed by atoms with E-state index in [2.05, 4.69) is 6.07 Å². The van der Waals surface area contributed by atoms with Gasteiger partial charge in [-0.1, -0.05) is 36.4 Å². The Morgan fingerprint density at radius 1 is 1.13 bits per heavy atom. The highest BCUT2D eigenvalue weighted by Crippen LogP contribution is 2.32. The normalized spacial score (nSPS) is 16.9. The van der Waals surface area contributed by atoms with Gasteiger partial charge in [-0.25, -0.2) is 0 Å². The first-order chi connectivity index (χ1) is 15.0. The first-order valence-corrected chi connectivity index (χ1v) is 10.6. The van der Waals surface area contributed by atoms with Crippen molar-refractivity contribution in [1.82, 2.24) is 9.80 Å². The van der Waals surface area contributed by atoms with E-state index in [1.165, 1.54) is 5.56 Å². The lowest BCUT2D eigenvalue weighted by Gasteiger charge is -2.29. The molecule has 4 rings (SSSR count). The number of hydrogen-bond donors (Lipinski definition) is 0. The second-order valence-electron chi connectivity index (χ2n) is 7.12. The van der Waals surface area contributed by atoms with Crippen molar-refractivity contribution < 1.29 is 19.1 Å². The van der Waals surface area contributed by atoms with Crippen LogP contribution in [0.5, 0.6) is 5.75 Å². The molecule has 0 aliphatic carbocycles. The van der Waals surface area contributed by atoms with Gasteiger partial charge in [-0.2, -0.15) is 5.26 Å². The first kappa shape index (κ1) is 20.7. The number of carbonyl (C=O) groups is 3. The van der Waals surface area contributed by atoms with Gasteiger partial charge in [0, 0.05) is 13.1 Å². The number of imide groups is 1. The molecule has 0 bridgehead atoms. The van der Waals surface area contributed by atoms with E-state index in [-0.39, 0.29) is 24.0 Å². The molecule has 1 saturated heterocycles. The van der Waals surface area contributed by atoms with Crippen molar-refractivity contribution in [3.63, 3.8) is 0 Å². The fraction of sp³-hybridized carbons (Fsp3) is 0.217. The number of thioether (sulfide) groups is 1. The lowest BCUT2D eigenvalue weighted by atomic mass is 10.00. The predicted molar refractivity (Wildman–Crippen MR) is 116 cm³/mol. The van der Waals surface area contributed by atoms with Crippen LogP contribution >= 0.6 is 11.8 Å². The van der Waals surface area contributed by atoms with Gasteiger partial charge in [-0.15, -0.1) is 0 Å². The van der Waals surface area contributed by atoms with Crippen molar-refractivity contribution in [2.24, 2.45) is 0 Å². The zero-order chi connectivity index (χ0) is 21.8. The van der Waals surface area contributed by atoms with Gasteiger partial charge in [0.2, 0.25) is 5.91 Å². The van der Waals surface area contributed by atoms with Crippen LogP contribution < -0.4 is 4.74 Å². The highest BCUT2D eigenvalue weighted by atomic mass is 32.2. The highest BCUT2D eigenvalue weighted by Gasteiger charge is 2.37. The highest BCUT2D eigenvalue weighted by molar-refractivity contribution is 8.18. The van der Waals surface area contributed by atoms with Crippen molar-refractivity contribution in [2.45, 2.75) is 13.0 Å². The average molecular weight is 433 g/mol. The van der Waals surface area contributed by atoms with Crippen LogP contribution in [-0.2, 0) is 22.6 Å². The number of ether oxygens (including phenoxy) is 1. The lowest BCUT2D eigenvalue weighted by Crippen LogP contribution is -2.44. The van der Waals surface area contributed by atoms with Gasteiger partial charge < -0.3 is 9.64 Å². The zero-order valence-corrected chi connectivity index (χ0v) is 17.4. The molecule has 0 atom stereocenters. The van der Waals surface area contributed by atoms with Gasteiger partial charge in [0.15, 0.2) is 6.61 Å². The number of nitrogens with zero attached hydrogens (tertiary/aromatic N) is 3. The molecular weight excluding hydrogens is 414 g/mol. The number of hydrogen-bond acceptors (Lipinski definition) is 6. The van der Waals surface area contributed by atoms with Crippen LogP contribution in [0.15, 0.2) is 53.4 Å². The minimum absolute atomic E-state index is 0.0468. The molecule has 156 valence electrons. The molecule has 0 saturated carbocycles. The molecule has 2 heterocycles. The first-order valence-electron chi connectivity index (χ1n) is 9.75. The fourth-order valence-corrected chi connectivity index (χ4v) is 4.35. The van der Waals surface area contributed by atoms with E-state index in [1.54, 1.807) is 35.2 Å². The van der Waals surface area contributed by atoms with E-state index in [0.717, 1.165) is 28.6 Å². The van der Waals surface area contributed by atoms with E-state index < -0.39 is 11.1 Å². The summed E-state index contributed by atoms with van der Waals surface area (Å²) in [4.78, 5) is 40.8. The third-order valence-corrected chi connectivity index (χ3v) is 6.04. The summed E-state index contributed by atoms with van der Waals surface area (Å²) in [6, 6.07) is 16.7. The van der Waals surface area contributed by atoms with Crippen LogP contribution in [0.1, 0.15) is 16.7 Å². The molecule has 0 unspecified atom stereocenters. The quantitative estimate of drug-likeness (QED) is 0.673. The molecule has 8 heteroatoms. The van der Waals surface area contributed by atoms with E-state index in [0.29, 0.717) is 24.4 Å². The van der Waals surface area contributed by atoms with Crippen LogP contribution in [0, 0.1) is 11.3 Å². The fourth-order valence-electron chi connectivity index (χ4n) is 3.51. The number of carbonyl (C=O) groups excluding carboxylic acids is 3. The summed E-state index contributed by atoms with van der Waals surface area (Å²) in [5.41, 5.74) is 3.04. The Labute approximate surface area is 183 Å². The topological polar surface area (TPSA) is 90.7 Å². The van der Waals surface area contributed by atoms with Crippen molar-refractivity contribution in [2.75, 3.05) is 19.7 Å². The standard InChI is InChI=1S/C23H19N3O4S/c24-10-12-30-19-7-5-16(6-8-19)13-20-22(28)26(23(29)31-20)15-21(27)25-11-9-17-3-1-2-4-18(17)14-25/h1-8,13H,9,11-12,14-15H2/b20-13-. The Morgan fingerprint density at radius 3 is 2.61 bits per heavy atom. The molecule has 1 fully saturated rings. The minimum Gasteiger partial charge on any atom is -0.479 e. The maximum Gasteiger partial charge on any atom is 0.294 e. The molecule has 0 radical (unpaired) electrons. The Kier molecular flexibility index (Phi) is 6.05. The van der Waals surface area contributed by atoms with Gasteiger partial charge in [0.25, 0.3) is 11.1 Å². The lowest BCUT2D eigenvalue weighted by molar-refractivity contribution is -0.136. The molecule has 2 aliphatic heterocycles. The molecular formula is C23H19N3O4S. The third-order valence-electron chi connectivity index (χ3n) is 5.13. The van der Waals surface area contributed by atoms with Crippen molar-refractivity contribution in [3.8, 4) is 11.8 Å². The molecule has 31 heavy (non-hydrogen) atoms. The minimum atomic E-state index is -0.467. The maximum atomic E-state index is 12.8. The third kappa shape index (κ3) is 4.62. The largest absolute Gasteiger partial charge is 0.479 e. The van der Waals surface area contributed by atoms with Crippen molar-refractivity contribution in [1.29, 1.82) is 5.26 Å². The monoisotopic (exact) mass is 433 g/mol. The summed E-state index contributed by atoms with van der Waals surface area (Å²) in [5, 5.41) is 8.10. The summed E-state index contributed by atoms with van der Waals surface area (Å²) in [6.45, 7) is 0.753. The average Bonchev–Trinajstić information content (AvgIpc) is 3.05. The number of amides is 3. The van der Waals surface area contributed by atoms with Crippen LogP contribution in [0.25, 0.3) is 6.08 Å². The van der Waals surface area contributed by atoms with E-state index in [9.17, 15) is 14.4 Å². The van der Waals surface area contributed by atoms with E-state index in [1.807, 2.05) is 24.3 Å². The summed E-state index contributed by atoms with van der Waals surface area (Å²) in [7, 11) is 0. The predicted octanol–water partition coefficient (Wildman–Crippen LogP) is 3.21. The molecule has 7 nitrogen and oxygen atoms in total. The molecule has 2 aromatic rings. The van der Waals surface area contributed by atoms with Gasteiger partial charge >= 0.3 is 0 Å². The molecule has 3 amide bonds. The summed E-state index contributed by atoms with van der Waals surface area (Å²) in [5.74, 6) is -0.164. The number of benzene rings is 2. The van der Waals surface area contributed by atoms with Gasteiger partial charge in [-0.05, 0) is 53.1 Å². The smallest absolute Gasteiger partial charge is 0.294 e. The van der Waals surface area contributed by atoms with Gasteiger partial charge in [0.05, 0.1) is 4.91 Å². The number of nitriles is 1. The number of fused-ring (bicyclic) bond motifs is 1. The Balaban J connectivity index is 1.41. The Bertz CT molecular complexity index is 1100. The van der Waals surface area contributed by atoms with Crippen LogP contribution in [0.3, 0.4) is 0 Å². The van der Waals surface area contributed by atoms with E-state index >= 15 is 0 Å².